The average molecular weight is 264 g/mol. The van der Waals surface area contributed by atoms with Crippen LogP contribution in [0.3, 0.4) is 0 Å². The Labute approximate surface area is 116 Å². The van der Waals surface area contributed by atoms with E-state index < -0.39 is 0 Å². The minimum Gasteiger partial charge on any atom is -0.319 e. The van der Waals surface area contributed by atoms with Crippen molar-refractivity contribution in [3.8, 4) is 0 Å². The summed E-state index contributed by atoms with van der Waals surface area (Å²) in [6.07, 6.45) is 1.21. The third-order valence-electron chi connectivity index (χ3n) is 4.24. The Morgan fingerprint density at radius 1 is 1.42 bits per heavy atom. The molecule has 3 heteroatoms. The SMILES string of the molecule is CNCC1CCN(C(C)C)C1c1ccc(F)cc1C. The summed E-state index contributed by atoms with van der Waals surface area (Å²) >= 11 is 0. The maximum absolute atomic E-state index is 13.3. The summed E-state index contributed by atoms with van der Waals surface area (Å²) in [4.78, 5) is 2.54. The Balaban J connectivity index is 2.34. The highest BCUT2D eigenvalue weighted by Gasteiger charge is 2.36. The van der Waals surface area contributed by atoms with E-state index in [1.165, 1.54) is 12.0 Å². The third-order valence-corrected chi connectivity index (χ3v) is 4.24. The molecular formula is C16H25FN2. The highest BCUT2D eigenvalue weighted by Crippen LogP contribution is 2.39. The summed E-state index contributed by atoms with van der Waals surface area (Å²) in [5.41, 5.74) is 2.35. The second-order valence-electron chi connectivity index (χ2n) is 5.88. The zero-order chi connectivity index (χ0) is 14.0. The maximum atomic E-state index is 13.3. The Morgan fingerprint density at radius 2 is 2.16 bits per heavy atom. The van der Waals surface area contributed by atoms with Crippen molar-refractivity contribution in [3.63, 3.8) is 0 Å². The molecule has 2 unspecified atom stereocenters. The van der Waals surface area contributed by atoms with E-state index in [1.54, 1.807) is 12.1 Å². The Hall–Kier alpha value is -0.930. The number of benzene rings is 1. The molecule has 1 fully saturated rings. The van der Waals surface area contributed by atoms with Gasteiger partial charge < -0.3 is 5.32 Å². The van der Waals surface area contributed by atoms with Crippen molar-refractivity contribution in [3.05, 3.63) is 35.1 Å². The van der Waals surface area contributed by atoms with Crippen LogP contribution in [0.1, 0.15) is 37.4 Å². The Kier molecular flexibility index (Phi) is 4.58. The van der Waals surface area contributed by atoms with Gasteiger partial charge in [0.25, 0.3) is 0 Å². The number of likely N-dealkylation sites (tertiary alicyclic amines) is 1. The smallest absolute Gasteiger partial charge is 0.123 e. The van der Waals surface area contributed by atoms with Crippen LogP contribution in [0.15, 0.2) is 18.2 Å². The second kappa shape index (κ2) is 6.02. The van der Waals surface area contributed by atoms with E-state index in [0.717, 1.165) is 18.7 Å². The molecule has 106 valence electrons. The first-order valence-electron chi connectivity index (χ1n) is 7.21. The Morgan fingerprint density at radius 3 is 2.74 bits per heavy atom. The van der Waals surface area contributed by atoms with Crippen molar-refractivity contribution in [2.45, 2.75) is 39.3 Å². The lowest BCUT2D eigenvalue weighted by Crippen LogP contribution is -2.34. The van der Waals surface area contributed by atoms with Crippen molar-refractivity contribution in [2.75, 3.05) is 20.1 Å². The molecule has 0 saturated carbocycles. The fourth-order valence-corrected chi connectivity index (χ4v) is 3.34. The molecule has 2 atom stereocenters. The van der Waals surface area contributed by atoms with Crippen LogP contribution in [0, 0.1) is 18.7 Å². The van der Waals surface area contributed by atoms with Crippen LogP contribution in [0.5, 0.6) is 0 Å². The van der Waals surface area contributed by atoms with E-state index >= 15 is 0 Å². The molecule has 1 saturated heterocycles. The first-order valence-corrected chi connectivity index (χ1v) is 7.21. The summed E-state index contributed by atoms with van der Waals surface area (Å²) in [5.74, 6) is 0.470. The van der Waals surface area contributed by atoms with Crippen LogP contribution in [0.2, 0.25) is 0 Å². The largest absolute Gasteiger partial charge is 0.319 e. The van der Waals surface area contributed by atoms with Crippen molar-refractivity contribution < 1.29 is 4.39 Å². The predicted molar refractivity (Wildman–Crippen MR) is 77.8 cm³/mol. The van der Waals surface area contributed by atoms with Gasteiger partial charge in [0.05, 0.1) is 0 Å². The van der Waals surface area contributed by atoms with Crippen LogP contribution in [-0.4, -0.2) is 31.1 Å². The number of hydrogen-bond donors (Lipinski definition) is 1. The van der Waals surface area contributed by atoms with Gasteiger partial charge in [-0.1, -0.05) is 6.07 Å². The Bertz CT molecular complexity index is 431. The van der Waals surface area contributed by atoms with Crippen LogP contribution in [0.4, 0.5) is 4.39 Å². The minimum absolute atomic E-state index is 0.138. The van der Waals surface area contributed by atoms with Gasteiger partial charge in [-0.25, -0.2) is 4.39 Å². The fraction of sp³-hybridized carbons (Fsp3) is 0.625. The van der Waals surface area contributed by atoms with E-state index in [-0.39, 0.29) is 5.82 Å². The van der Waals surface area contributed by atoms with Crippen LogP contribution in [-0.2, 0) is 0 Å². The molecule has 2 rings (SSSR count). The molecule has 0 spiro atoms. The van der Waals surface area contributed by atoms with E-state index in [4.69, 9.17) is 0 Å². The number of halogens is 1. The molecule has 1 aromatic rings. The summed E-state index contributed by atoms with van der Waals surface area (Å²) in [7, 11) is 2.01. The van der Waals surface area contributed by atoms with Crippen LogP contribution >= 0.6 is 0 Å². The van der Waals surface area contributed by atoms with Crippen LogP contribution < -0.4 is 5.32 Å². The highest BCUT2D eigenvalue weighted by atomic mass is 19.1. The molecule has 1 aromatic carbocycles. The van der Waals surface area contributed by atoms with E-state index in [9.17, 15) is 4.39 Å². The van der Waals surface area contributed by atoms with Gasteiger partial charge in [0.2, 0.25) is 0 Å². The number of rotatable bonds is 4. The molecular weight excluding hydrogens is 239 g/mol. The number of aryl methyl sites for hydroxylation is 1. The van der Waals surface area contributed by atoms with E-state index in [1.807, 2.05) is 20.0 Å². The van der Waals surface area contributed by atoms with Crippen molar-refractivity contribution in [1.82, 2.24) is 10.2 Å². The zero-order valence-electron chi connectivity index (χ0n) is 12.4. The van der Waals surface area contributed by atoms with Crippen molar-refractivity contribution in [2.24, 2.45) is 5.92 Å². The summed E-state index contributed by atoms with van der Waals surface area (Å²) in [6.45, 7) is 8.66. The van der Waals surface area contributed by atoms with Gasteiger partial charge in [0.15, 0.2) is 0 Å². The van der Waals surface area contributed by atoms with Gasteiger partial charge in [0.1, 0.15) is 5.82 Å². The molecule has 0 bridgehead atoms. The predicted octanol–water partition coefficient (Wildman–Crippen LogP) is 3.12. The van der Waals surface area contributed by atoms with E-state index in [0.29, 0.717) is 18.0 Å². The van der Waals surface area contributed by atoms with Gasteiger partial charge in [-0.05, 0) is 76.5 Å². The first-order chi connectivity index (χ1) is 9.04. The number of nitrogens with one attached hydrogen (secondary N) is 1. The fourth-order valence-electron chi connectivity index (χ4n) is 3.34. The summed E-state index contributed by atoms with van der Waals surface area (Å²) < 4.78 is 13.3. The van der Waals surface area contributed by atoms with E-state index in [2.05, 4.69) is 24.1 Å². The lowest BCUT2D eigenvalue weighted by atomic mass is 9.90. The monoisotopic (exact) mass is 264 g/mol. The lowest BCUT2D eigenvalue weighted by molar-refractivity contribution is 0.182. The maximum Gasteiger partial charge on any atom is 0.123 e. The molecule has 2 nitrogen and oxygen atoms in total. The van der Waals surface area contributed by atoms with Gasteiger partial charge in [-0.2, -0.15) is 0 Å². The molecule has 0 aliphatic carbocycles. The zero-order valence-corrected chi connectivity index (χ0v) is 12.4. The molecule has 1 N–H and O–H groups in total. The lowest BCUT2D eigenvalue weighted by Gasteiger charge is -2.32. The minimum atomic E-state index is -0.138. The van der Waals surface area contributed by atoms with Gasteiger partial charge in [-0.15, -0.1) is 0 Å². The van der Waals surface area contributed by atoms with Gasteiger partial charge in [0, 0.05) is 12.1 Å². The standard InChI is InChI=1S/C16H25FN2/c1-11(2)19-8-7-13(10-18-4)16(19)15-6-5-14(17)9-12(15)3/h5-6,9,11,13,16,18H,7-8,10H2,1-4H3. The molecule has 0 amide bonds. The molecule has 1 heterocycles. The van der Waals surface area contributed by atoms with Crippen molar-refractivity contribution >= 4 is 0 Å². The number of hydrogen-bond acceptors (Lipinski definition) is 2. The molecule has 1 aliphatic rings. The quantitative estimate of drug-likeness (QED) is 0.899. The van der Waals surface area contributed by atoms with Gasteiger partial charge >= 0.3 is 0 Å². The molecule has 19 heavy (non-hydrogen) atoms. The van der Waals surface area contributed by atoms with Gasteiger partial charge in [-0.3, -0.25) is 4.90 Å². The normalized spacial score (nSPS) is 24.3. The molecule has 0 aromatic heterocycles. The average Bonchev–Trinajstić information content (AvgIpc) is 2.73. The number of nitrogens with zero attached hydrogens (tertiary/aromatic N) is 1. The second-order valence-corrected chi connectivity index (χ2v) is 5.88. The summed E-state index contributed by atoms with van der Waals surface area (Å²) in [6, 6.07) is 6.15. The molecule has 0 radical (unpaired) electrons. The highest BCUT2D eigenvalue weighted by molar-refractivity contribution is 5.31. The van der Waals surface area contributed by atoms with Crippen molar-refractivity contribution in [1.29, 1.82) is 0 Å². The first kappa shape index (κ1) is 14.5. The third kappa shape index (κ3) is 2.98. The summed E-state index contributed by atoms with van der Waals surface area (Å²) in [5, 5.41) is 3.30. The molecule has 1 aliphatic heterocycles. The van der Waals surface area contributed by atoms with Crippen LogP contribution in [0.25, 0.3) is 0 Å². The topological polar surface area (TPSA) is 15.3 Å².